The van der Waals surface area contributed by atoms with Gasteiger partial charge in [0.15, 0.2) is 0 Å². The highest BCUT2D eigenvalue weighted by atomic mass is 16.1. The molecule has 6 nitrogen and oxygen atoms in total. The van der Waals surface area contributed by atoms with E-state index in [-0.39, 0.29) is 0 Å². The Bertz CT molecular complexity index is 429. The first-order chi connectivity index (χ1) is 9.69. The first-order valence-electron chi connectivity index (χ1n) is 7.20. The smallest absolute Gasteiger partial charge is 0.227 e. The zero-order chi connectivity index (χ0) is 14.4. The lowest BCUT2D eigenvalue weighted by Crippen LogP contribution is -2.46. The van der Waals surface area contributed by atoms with Crippen LogP contribution in [0.25, 0.3) is 0 Å². The first-order valence-corrected chi connectivity index (χ1v) is 7.20. The second kappa shape index (κ2) is 7.07. The maximum absolute atomic E-state index is 10.7. The summed E-state index contributed by atoms with van der Waals surface area (Å²) in [5.74, 6) is 2.29. The van der Waals surface area contributed by atoms with Crippen molar-refractivity contribution in [1.29, 1.82) is 0 Å². The van der Waals surface area contributed by atoms with E-state index in [0.29, 0.717) is 5.92 Å². The number of nitrogens with one attached hydrogen (secondary N) is 1. The molecule has 6 heteroatoms. The van der Waals surface area contributed by atoms with Crippen LogP contribution in [0.4, 0.5) is 11.8 Å². The standard InChI is InChI=1S/C14H23N5O/c1-12(2)3-5-15-13-4-6-16-14(17-13)19-9-7-18(11-20)8-10-19/h4,6,11-12H,3,5,7-10H2,1-2H3,(H,15,16,17). The second-order valence-corrected chi connectivity index (χ2v) is 5.48. The third kappa shape index (κ3) is 4.08. The molecule has 1 aromatic heterocycles. The van der Waals surface area contributed by atoms with E-state index in [4.69, 9.17) is 0 Å². The van der Waals surface area contributed by atoms with Crippen LogP contribution in [-0.2, 0) is 4.79 Å². The first kappa shape index (κ1) is 14.6. The quantitative estimate of drug-likeness (QED) is 0.792. The van der Waals surface area contributed by atoms with E-state index in [1.54, 1.807) is 11.1 Å². The Morgan fingerprint density at radius 3 is 2.75 bits per heavy atom. The molecule has 0 radical (unpaired) electrons. The zero-order valence-corrected chi connectivity index (χ0v) is 12.2. The lowest BCUT2D eigenvalue weighted by atomic mass is 10.1. The van der Waals surface area contributed by atoms with Crippen molar-refractivity contribution < 1.29 is 4.79 Å². The molecule has 1 amide bonds. The minimum atomic E-state index is 0.681. The summed E-state index contributed by atoms with van der Waals surface area (Å²) in [5.41, 5.74) is 0. The number of anilines is 2. The molecule has 0 unspecified atom stereocenters. The molecule has 2 heterocycles. The van der Waals surface area contributed by atoms with Crippen LogP contribution in [0.2, 0.25) is 0 Å². The molecule has 0 atom stereocenters. The van der Waals surface area contributed by atoms with Gasteiger partial charge in [-0.2, -0.15) is 4.98 Å². The number of piperazine rings is 1. The van der Waals surface area contributed by atoms with Crippen molar-refractivity contribution in [3.63, 3.8) is 0 Å². The van der Waals surface area contributed by atoms with Gasteiger partial charge < -0.3 is 15.1 Å². The molecule has 110 valence electrons. The van der Waals surface area contributed by atoms with Crippen molar-refractivity contribution in [2.24, 2.45) is 5.92 Å². The van der Waals surface area contributed by atoms with Gasteiger partial charge in [-0.25, -0.2) is 4.98 Å². The van der Waals surface area contributed by atoms with Crippen LogP contribution in [-0.4, -0.2) is 54.0 Å². The van der Waals surface area contributed by atoms with E-state index in [1.807, 2.05) is 6.07 Å². The Kier molecular flexibility index (Phi) is 5.15. The van der Waals surface area contributed by atoms with Crippen LogP contribution in [0, 0.1) is 5.92 Å². The summed E-state index contributed by atoms with van der Waals surface area (Å²) in [4.78, 5) is 23.5. The van der Waals surface area contributed by atoms with E-state index in [1.165, 1.54) is 0 Å². The Morgan fingerprint density at radius 2 is 2.10 bits per heavy atom. The van der Waals surface area contributed by atoms with Crippen molar-refractivity contribution in [2.45, 2.75) is 20.3 Å². The number of nitrogens with zero attached hydrogens (tertiary/aromatic N) is 4. The molecular formula is C14H23N5O. The Balaban J connectivity index is 1.90. The molecule has 1 aliphatic heterocycles. The van der Waals surface area contributed by atoms with Gasteiger partial charge in [0.1, 0.15) is 5.82 Å². The van der Waals surface area contributed by atoms with Gasteiger partial charge in [0.2, 0.25) is 12.4 Å². The summed E-state index contributed by atoms with van der Waals surface area (Å²) in [6, 6.07) is 1.89. The Labute approximate surface area is 120 Å². The summed E-state index contributed by atoms with van der Waals surface area (Å²) in [7, 11) is 0. The number of hydrogen-bond donors (Lipinski definition) is 1. The predicted molar refractivity (Wildman–Crippen MR) is 79.8 cm³/mol. The molecule has 0 bridgehead atoms. The summed E-state index contributed by atoms with van der Waals surface area (Å²) < 4.78 is 0. The molecule has 0 saturated carbocycles. The van der Waals surface area contributed by atoms with Crippen LogP contribution in [0.15, 0.2) is 12.3 Å². The molecule has 1 fully saturated rings. The minimum Gasteiger partial charge on any atom is -0.370 e. The summed E-state index contributed by atoms with van der Waals surface area (Å²) in [6.07, 6.45) is 3.81. The van der Waals surface area contributed by atoms with Crippen molar-refractivity contribution in [3.05, 3.63) is 12.3 Å². The largest absolute Gasteiger partial charge is 0.370 e. The average molecular weight is 277 g/mol. The zero-order valence-electron chi connectivity index (χ0n) is 12.2. The maximum atomic E-state index is 10.7. The van der Waals surface area contributed by atoms with Gasteiger partial charge >= 0.3 is 0 Å². The fourth-order valence-corrected chi connectivity index (χ4v) is 2.12. The van der Waals surface area contributed by atoms with E-state index < -0.39 is 0 Å². The Morgan fingerprint density at radius 1 is 1.35 bits per heavy atom. The molecule has 1 aromatic rings. The van der Waals surface area contributed by atoms with Crippen LogP contribution >= 0.6 is 0 Å². The van der Waals surface area contributed by atoms with Crippen molar-refractivity contribution in [1.82, 2.24) is 14.9 Å². The molecule has 0 aromatic carbocycles. The van der Waals surface area contributed by atoms with Gasteiger partial charge in [-0.3, -0.25) is 4.79 Å². The van der Waals surface area contributed by atoms with Crippen molar-refractivity contribution in [2.75, 3.05) is 42.9 Å². The van der Waals surface area contributed by atoms with Gasteiger partial charge in [0.25, 0.3) is 0 Å². The molecule has 0 spiro atoms. The predicted octanol–water partition coefficient (Wildman–Crippen LogP) is 1.21. The summed E-state index contributed by atoms with van der Waals surface area (Å²) in [5, 5.41) is 3.33. The molecule has 1 saturated heterocycles. The maximum Gasteiger partial charge on any atom is 0.227 e. The number of rotatable bonds is 6. The van der Waals surface area contributed by atoms with Gasteiger partial charge in [0.05, 0.1) is 0 Å². The van der Waals surface area contributed by atoms with Crippen molar-refractivity contribution >= 4 is 18.2 Å². The normalized spacial score (nSPS) is 15.6. The highest BCUT2D eigenvalue weighted by Crippen LogP contribution is 2.13. The lowest BCUT2D eigenvalue weighted by molar-refractivity contribution is -0.118. The molecule has 1 aliphatic rings. The SMILES string of the molecule is CC(C)CCNc1ccnc(N2CCN(C=O)CC2)n1. The number of carbonyl (C=O) groups excluding carboxylic acids is 1. The fraction of sp³-hybridized carbons (Fsp3) is 0.643. The van der Waals surface area contributed by atoms with Gasteiger partial charge in [-0.1, -0.05) is 13.8 Å². The van der Waals surface area contributed by atoms with E-state index in [2.05, 4.69) is 34.0 Å². The average Bonchev–Trinajstić information content (AvgIpc) is 2.47. The van der Waals surface area contributed by atoms with E-state index in [9.17, 15) is 4.79 Å². The third-order valence-corrected chi connectivity index (χ3v) is 3.42. The lowest BCUT2D eigenvalue weighted by Gasteiger charge is -2.32. The van der Waals surface area contributed by atoms with E-state index in [0.717, 1.165) is 57.3 Å². The second-order valence-electron chi connectivity index (χ2n) is 5.48. The molecular weight excluding hydrogens is 254 g/mol. The van der Waals surface area contributed by atoms with Gasteiger partial charge in [-0.15, -0.1) is 0 Å². The van der Waals surface area contributed by atoms with Crippen LogP contribution in [0.1, 0.15) is 20.3 Å². The number of amides is 1. The molecule has 1 N–H and O–H groups in total. The number of hydrogen-bond acceptors (Lipinski definition) is 5. The summed E-state index contributed by atoms with van der Waals surface area (Å²) >= 11 is 0. The van der Waals surface area contributed by atoms with Crippen LogP contribution in [0.5, 0.6) is 0 Å². The fourth-order valence-electron chi connectivity index (χ4n) is 2.12. The monoisotopic (exact) mass is 277 g/mol. The highest BCUT2D eigenvalue weighted by Gasteiger charge is 2.17. The number of carbonyl (C=O) groups is 1. The number of aromatic nitrogens is 2. The molecule has 0 aliphatic carbocycles. The van der Waals surface area contributed by atoms with Gasteiger partial charge in [0, 0.05) is 38.9 Å². The van der Waals surface area contributed by atoms with Gasteiger partial charge in [-0.05, 0) is 18.4 Å². The Hall–Kier alpha value is -1.85. The van der Waals surface area contributed by atoms with Crippen LogP contribution < -0.4 is 10.2 Å². The highest BCUT2D eigenvalue weighted by molar-refractivity contribution is 5.48. The van der Waals surface area contributed by atoms with E-state index >= 15 is 0 Å². The third-order valence-electron chi connectivity index (χ3n) is 3.42. The molecule has 2 rings (SSSR count). The minimum absolute atomic E-state index is 0.681. The van der Waals surface area contributed by atoms with Crippen LogP contribution in [0.3, 0.4) is 0 Å². The summed E-state index contributed by atoms with van der Waals surface area (Å²) in [6.45, 7) is 8.38. The van der Waals surface area contributed by atoms with Crippen molar-refractivity contribution in [3.8, 4) is 0 Å². The molecule has 20 heavy (non-hydrogen) atoms. The topological polar surface area (TPSA) is 61.4 Å².